The summed E-state index contributed by atoms with van der Waals surface area (Å²) in [5.41, 5.74) is 0.952. The Morgan fingerprint density at radius 1 is 1.25 bits per heavy atom. The molecule has 5 nitrogen and oxygen atoms in total. The van der Waals surface area contributed by atoms with Gasteiger partial charge in [-0.3, -0.25) is 4.79 Å². The highest BCUT2D eigenvalue weighted by Crippen LogP contribution is 2.43. The quantitative estimate of drug-likeness (QED) is 0.808. The number of carbonyl (C=O) groups excluding carboxylic acids is 2. The first-order chi connectivity index (χ1) is 11.5. The number of halogens is 1. The van der Waals surface area contributed by atoms with Gasteiger partial charge in [-0.05, 0) is 24.3 Å². The van der Waals surface area contributed by atoms with E-state index in [9.17, 15) is 14.7 Å². The molecule has 2 aliphatic heterocycles. The van der Waals surface area contributed by atoms with E-state index in [1.165, 1.54) is 18.2 Å². The molecule has 2 aliphatic rings. The van der Waals surface area contributed by atoms with Crippen molar-refractivity contribution in [1.82, 2.24) is 4.90 Å². The molecule has 1 atom stereocenters. The van der Waals surface area contributed by atoms with Crippen LogP contribution in [-0.2, 0) is 10.3 Å². The Morgan fingerprint density at radius 2 is 2.04 bits per heavy atom. The number of phenols is 1. The summed E-state index contributed by atoms with van der Waals surface area (Å²) in [4.78, 5) is 26.5. The van der Waals surface area contributed by atoms with Crippen molar-refractivity contribution in [3.05, 3.63) is 64.2 Å². The van der Waals surface area contributed by atoms with Gasteiger partial charge < -0.3 is 14.7 Å². The zero-order valence-electron chi connectivity index (χ0n) is 12.7. The molecule has 24 heavy (non-hydrogen) atoms. The summed E-state index contributed by atoms with van der Waals surface area (Å²) in [6.07, 6.45) is 0.553. The monoisotopic (exact) mass is 343 g/mol. The van der Waals surface area contributed by atoms with Crippen LogP contribution in [0.2, 0.25) is 5.02 Å². The summed E-state index contributed by atoms with van der Waals surface area (Å²) in [6, 6.07) is 11.5. The molecule has 4 rings (SSSR count). The highest BCUT2D eigenvalue weighted by atomic mass is 35.5. The van der Waals surface area contributed by atoms with Crippen molar-refractivity contribution in [2.45, 2.75) is 12.0 Å². The van der Waals surface area contributed by atoms with Crippen molar-refractivity contribution in [2.24, 2.45) is 0 Å². The fourth-order valence-electron chi connectivity index (χ4n) is 3.45. The molecule has 2 aromatic rings. The van der Waals surface area contributed by atoms with E-state index >= 15 is 0 Å². The summed E-state index contributed by atoms with van der Waals surface area (Å²) in [6.45, 7) is 0.767. The molecule has 0 aliphatic carbocycles. The second-order valence-corrected chi connectivity index (χ2v) is 6.48. The third kappa shape index (κ3) is 2.16. The highest BCUT2D eigenvalue weighted by Gasteiger charge is 2.50. The molecule has 2 heterocycles. The maximum atomic E-state index is 12.7. The number of esters is 1. The molecular formula is C18H14ClNO4. The summed E-state index contributed by atoms with van der Waals surface area (Å²) in [5, 5.41) is 9.62. The van der Waals surface area contributed by atoms with Gasteiger partial charge in [-0.25, -0.2) is 4.79 Å². The molecule has 1 saturated heterocycles. The average Bonchev–Trinajstić information content (AvgIpc) is 3.10. The number of rotatable bonds is 1. The summed E-state index contributed by atoms with van der Waals surface area (Å²) in [7, 11) is 0. The lowest BCUT2D eigenvalue weighted by atomic mass is 9.91. The Hall–Kier alpha value is -2.53. The van der Waals surface area contributed by atoms with Gasteiger partial charge in [0, 0.05) is 18.5 Å². The second-order valence-electron chi connectivity index (χ2n) is 6.07. The molecule has 1 amide bonds. The first-order valence-electron chi connectivity index (χ1n) is 7.61. The van der Waals surface area contributed by atoms with Crippen molar-refractivity contribution in [3.63, 3.8) is 0 Å². The summed E-state index contributed by atoms with van der Waals surface area (Å²) < 4.78 is 5.64. The van der Waals surface area contributed by atoms with Crippen molar-refractivity contribution in [2.75, 3.05) is 13.1 Å². The van der Waals surface area contributed by atoms with Gasteiger partial charge in [0.1, 0.15) is 5.75 Å². The van der Waals surface area contributed by atoms with E-state index in [-0.39, 0.29) is 22.6 Å². The first-order valence-corrected chi connectivity index (χ1v) is 7.99. The van der Waals surface area contributed by atoms with Gasteiger partial charge >= 0.3 is 5.97 Å². The molecule has 0 radical (unpaired) electrons. The van der Waals surface area contributed by atoms with Crippen molar-refractivity contribution in [1.29, 1.82) is 0 Å². The number of fused-ring (bicyclic) bond motifs is 2. The van der Waals surface area contributed by atoms with Gasteiger partial charge in [0.2, 0.25) is 0 Å². The molecule has 6 heteroatoms. The minimum absolute atomic E-state index is 0.00749. The number of carbonyl (C=O) groups is 2. The van der Waals surface area contributed by atoms with Crippen LogP contribution in [0.4, 0.5) is 0 Å². The molecule has 1 N–H and O–H groups in total. The van der Waals surface area contributed by atoms with Crippen LogP contribution in [0, 0.1) is 0 Å². The van der Waals surface area contributed by atoms with Gasteiger partial charge in [-0.15, -0.1) is 0 Å². The van der Waals surface area contributed by atoms with Crippen LogP contribution >= 0.6 is 11.6 Å². The van der Waals surface area contributed by atoms with Crippen LogP contribution in [0.3, 0.4) is 0 Å². The van der Waals surface area contributed by atoms with Crippen LogP contribution in [0.5, 0.6) is 5.75 Å². The van der Waals surface area contributed by atoms with E-state index in [2.05, 4.69) is 0 Å². The minimum Gasteiger partial charge on any atom is -0.508 e. The number of aromatic hydroxyl groups is 1. The zero-order valence-corrected chi connectivity index (χ0v) is 13.4. The number of nitrogens with zero attached hydrogens (tertiary/aromatic N) is 1. The zero-order chi connectivity index (χ0) is 16.9. The molecule has 0 bridgehead atoms. The fourth-order valence-corrected chi connectivity index (χ4v) is 3.71. The molecule has 1 spiro atoms. The van der Waals surface area contributed by atoms with Gasteiger partial charge in [0.25, 0.3) is 5.91 Å². The number of phenolic OH excluding ortho intramolecular Hbond substituents is 1. The van der Waals surface area contributed by atoms with Gasteiger partial charge in [0.15, 0.2) is 5.60 Å². The molecule has 122 valence electrons. The summed E-state index contributed by atoms with van der Waals surface area (Å²) >= 11 is 6.07. The SMILES string of the molecule is O=C1O[C@]2(CCN(C(=O)c3ccc(O)cc3Cl)C2)c2ccccc21. The van der Waals surface area contributed by atoms with Crippen LogP contribution in [0.25, 0.3) is 0 Å². The topological polar surface area (TPSA) is 66.8 Å². The Kier molecular flexibility index (Phi) is 3.28. The lowest BCUT2D eigenvalue weighted by molar-refractivity contribution is -0.00306. The number of ether oxygens (including phenoxy) is 1. The van der Waals surface area contributed by atoms with E-state index in [0.29, 0.717) is 30.6 Å². The number of likely N-dealkylation sites (tertiary alicyclic amines) is 1. The Morgan fingerprint density at radius 3 is 2.83 bits per heavy atom. The first kappa shape index (κ1) is 15.0. The predicted molar refractivity (Wildman–Crippen MR) is 87.2 cm³/mol. The lowest BCUT2D eigenvalue weighted by Crippen LogP contribution is -2.34. The van der Waals surface area contributed by atoms with E-state index < -0.39 is 5.60 Å². The standard InChI is InChI=1S/C18H14ClNO4/c19-15-9-11(21)5-6-13(15)16(22)20-8-7-18(10-20)14-4-2-1-3-12(14)17(23)24-18/h1-6,9,21H,7-8,10H2/t18-/m0/s1. The minimum atomic E-state index is -0.771. The van der Waals surface area contributed by atoms with E-state index in [4.69, 9.17) is 16.3 Å². The number of hydrogen-bond donors (Lipinski definition) is 1. The van der Waals surface area contributed by atoms with Gasteiger partial charge in [-0.2, -0.15) is 0 Å². The molecule has 0 unspecified atom stereocenters. The number of amides is 1. The van der Waals surface area contributed by atoms with Crippen LogP contribution < -0.4 is 0 Å². The van der Waals surface area contributed by atoms with Gasteiger partial charge in [0.05, 0.1) is 22.7 Å². The largest absolute Gasteiger partial charge is 0.508 e. The molecule has 0 saturated carbocycles. The molecule has 2 aromatic carbocycles. The van der Waals surface area contributed by atoms with Crippen molar-refractivity contribution >= 4 is 23.5 Å². The van der Waals surface area contributed by atoms with Crippen LogP contribution in [0.1, 0.15) is 32.7 Å². The van der Waals surface area contributed by atoms with E-state index in [0.717, 1.165) is 5.56 Å². The molecular weight excluding hydrogens is 330 g/mol. The third-order valence-corrected chi connectivity index (χ3v) is 4.94. The van der Waals surface area contributed by atoms with Crippen LogP contribution in [0.15, 0.2) is 42.5 Å². The third-order valence-electron chi connectivity index (χ3n) is 4.63. The van der Waals surface area contributed by atoms with Crippen molar-refractivity contribution in [3.8, 4) is 5.75 Å². The van der Waals surface area contributed by atoms with Crippen molar-refractivity contribution < 1.29 is 19.4 Å². The highest BCUT2D eigenvalue weighted by molar-refractivity contribution is 6.34. The second kappa shape index (κ2) is 5.24. The fraction of sp³-hybridized carbons (Fsp3) is 0.222. The Bertz CT molecular complexity index is 866. The smallest absolute Gasteiger partial charge is 0.339 e. The van der Waals surface area contributed by atoms with E-state index in [1.807, 2.05) is 12.1 Å². The summed E-state index contributed by atoms with van der Waals surface area (Å²) in [5.74, 6) is -0.576. The maximum absolute atomic E-state index is 12.7. The average molecular weight is 344 g/mol. The maximum Gasteiger partial charge on any atom is 0.339 e. The molecule has 1 fully saturated rings. The van der Waals surface area contributed by atoms with Crippen LogP contribution in [-0.4, -0.2) is 35.0 Å². The lowest BCUT2D eigenvalue weighted by Gasteiger charge is -2.24. The Labute approximate surface area is 143 Å². The van der Waals surface area contributed by atoms with Gasteiger partial charge in [-0.1, -0.05) is 29.8 Å². The Balaban J connectivity index is 1.64. The normalized spacial score (nSPS) is 21.9. The van der Waals surface area contributed by atoms with E-state index in [1.54, 1.807) is 17.0 Å². The number of benzene rings is 2. The predicted octanol–water partition coefficient (Wildman–Crippen LogP) is 2.96. The number of hydrogen-bond acceptors (Lipinski definition) is 4. The molecule has 0 aromatic heterocycles.